The molecule has 1 aromatic rings. The lowest BCUT2D eigenvalue weighted by Gasteiger charge is -2.16. The molecule has 1 atom stereocenters. The molecule has 0 aliphatic heterocycles. The highest BCUT2D eigenvalue weighted by Gasteiger charge is 2.07. The Kier molecular flexibility index (Phi) is 5.06. The zero-order valence-corrected chi connectivity index (χ0v) is 10.1. The fourth-order valence-electron chi connectivity index (χ4n) is 1.60. The zero-order chi connectivity index (χ0) is 12.0. The van der Waals surface area contributed by atoms with E-state index in [9.17, 15) is 0 Å². The lowest BCUT2D eigenvalue weighted by molar-refractivity contribution is 0.220. The van der Waals surface area contributed by atoms with Crippen LogP contribution < -0.4 is 4.74 Å². The van der Waals surface area contributed by atoms with Gasteiger partial charge in [-0.15, -0.1) is 6.58 Å². The van der Waals surface area contributed by atoms with Crippen molar-refractivity contribution in [1.82, 2.24) is 0 Å². The van der Waals surface area contributed by atoms with Crippen LogP contribution in [-0.2, 0) is 6.42 Å². The second-order valence-electron chi connectivity index (χ2n) is 4.04. The quantitative estimate of drug-likeness (QED) is 0.747. The van der Waals surface area contributed by atoms with Crippen LogP contribution in [0.4, 0.5) is 0 Å². The van der Waals surface area contributed by atoms with E-state index < -0.39 is 0 Å². The summed E-state index contributed by atoms with van der Waals surface area (Å²) < 4.78 is 5.84. The molecule has 0 fully saturated rings. The van der Waals surface area contributed by atoms with Gasteiger partial charge in [-0.1, -0.05) is 18.2 Å². The van der Waals surface area contributed by atoms with Gasteiger partial charge >= 0.3 is 0 Å². The number of aliphatic hydroxyl groups excluding tert-OH is 1. The Morgan fingerprint density at radius 1 is 1.50 bits per heavy atom. The van der Waals surface area contributed by atoms with Crippen molar-refractivity contribution in [3.8, 4) is 5.75 Å². The summed E-state index contributed by atoms with van der Waals surface area (Å²) in [6.45, 7) is 7.90. The maximum atomic E-state index is 8.98. The van der Waals surface area contributed by atoms with Crippen molar-refractivity contribution in [1.29, 1.82) is 0 Å². The maximum absolute atomic E-state index is 8.98. The topological polar surface area (TPSA) is 29.5 Å². The Morgan fingerprint density at radius 2 is 2.25 bits per heavy atom. The molecule has 16 heavy (non-hydrogen) atoms. The van der Waals surface area contributed by atoms with E-state index in [1.165, 1.54) is 5.56 Å². The molecule has 0 bridgehead atoms. The van der Waals surface area contributed by atoms with Crippen LogP contribution in [0.15, 0.2) is 30.9 Å². The van der Waals surface area contributed by atoms with E-state index in [2.05, 4.69) is 6.58 Å². The molecule has 0 unspecified atom stereocenters. The van der Waals surface area contributed by atoms with E-state index in [1.54, 1.807) is 0 Å². The minimum atomic E-state index is 0.122. The van der Waals surface area contributed by atoms with E-state index in [0.29, 0.717) is 6.42 Å². The Balaban J connectivity index is 2.82. The molecule has 0 aliphatic carbocycles. The molecule has 0 aliphatic rings. The number of aliphatic hydroxyl groups is 1. The molecule has 1 aromatic carbocycles. The molecule has 1 N–H and O–H groups in total. The van der Waals surface area contributed by atoms with Crippen molar-refractivity contribution in [2.45, 2.75) is 32.8 Å². The minimum absolute atomic E-state index is 0.122. The lowest BCUT2D eigenvalue weighted by Crippen LogP contribution is -2.12. The predicted molar refractivity (Wildman–Crippen MR) is 66.9 cm³/mol. The van der Waals surface area contributed by atoms with E-state index in [4.69, 9.17) is 9.84 Å². The molecule has 0 amide bonds. The van der Waals surface area contributed by atoms with Gasteiger partial charge in [-0.05, 0) is 37.5 Å². The van der Waals surface area contributed by atoms with E-state index in [-0.39, 0.29) is 12.7 Å². The largest absolute Gasteiger partial charge is 0.490 e. The Hall–Kier alpha value is -1.28. The van der Waals surface area contributed by atoms with Crippen LogP contribution in [0.25, 0.3) is 0 Å². The van der Waals surface area contributed by atoms with E-state index >= 15 is 0 Å². The van der Waals surface area contributed by atoms with Gasteiger partial charge in [0.05, 0.1) is 6.10 Å². The summed E-state index contributed by atoms with van der Waals surface area (Å²) in [7, 11) is 0. The third-order valence-corrected chi connectivity index (χ3v) is 2.43. The highest BCUT2D eigenvalue weighted by atomic mass is 16.5. The van der Waals surface area contributed by atoms with Crippen molar-refractivity contribution >= 4 is 0 Å². The van der Waals surface area contributed by atoms with Crippen molar-refractivity contribution in [3.63, 3.8) is 0 Å². The summed E-state index contributed by atoms with van der Waals surface area (Å²) >= 11 is 0. The number of rotatable bonds is 6. The molecule has 0 saturated carbocycles. The van der Waals surface area contributed by atoms with E-state index in [0.717, 1.165) is 17.7 Å². The molecule has 1 rings (SSSR count). The second kappa shape index (κ2) is 6.33. The fourth-order valence-corrected chi connectivity index (χ4v) is 1.60. The number of hydrogen-bond donors (Lipinski definition) is 1. The molecule has 0 radical (unpaired) electrons. The molecular formula is C14H20O2. The van der Waals surface area contributed by atoms with Gasteiger partial charge in [-0.2, -0.15) is 0 Å². The number of benzene rings is 1. The van der Waals surface area contributed by atoms with Crippen molar-refractivity contribution < 1.29 is 9.84 Å². The summed E-state index contributed by atoms with van der Waals surface area (Å²) in [6.07, 6.45) is 3.44. The minimum Gasteiger partial charge on any atom is -0.490 e. The Labute approximate surface area is 97.6 Å². The standard InChI is InChI=1S/C14H20O2/c1-4-5-12(3)16-14-10-11(2)6-7-13(14)8-9-15/h4,6-7,10,12,15H,1,5,8-9H2,2-3H3/t12-/m0/s1. The van der Waals surface area contributed by atoms with Crippen LogP contribution in [-0.4, -0.2) is 17.8 Å². The first-order valence-corrected chi connectivity index (χ1v) is 5.65. The second-order valence-corrected chi connectivity index (χ2v) is 4.04. The monoisotopic (exact) mass is 220 g/mol. The van der Waals surface area contributed by atoms with Crippen LogP contribution in [0.3, 0.4) is 0 Å². The van der Waals surface area contributed by atoms with Gasteiger partial charge in [0, 0.05) is 13.0 Å². The first-order chi connectivity index (χ1) is 7.67. The SMILES string of the molecule is C=CC[C@H](C)Oc1cc(C)ccc1CCO. The van der Waals surface area contributed by atoms with Crippen LogP contribution in [0.5, 0.6) is 5.75 Å². The normalized spacial score (nSPS) is 12.2. The Morgan fingerprint density at radius 3 is 2.88 bits per heavy atom. The zero-order valence-electron chi connectivity index (χ0n) is 10.1. The van der Waals surface area contributed by atoms with Gasteiger partial charge in [-0.3, -0.25) is 0 Å². The molecule has 88 valence electrons. The van der Waals surface area contributed by atoms with Crippen molar-refractivity contribution in [2.24, 2.45) is 0 Å². The fraction of sp³-hybridized carbons (Fsp3) is 0.429. The third-order valence-electron chi connectivity index (χ3n) is 2.43. The number of aryl methyl sites for hydroxylation is 1. The van der Waals surface area contributed by atoms with Gasteiger partial charge in [-0.25, -0.2) is 0 Å². The predicted octanol–water partition coefficient (Wildman–Crippen LogP) is 2.87. The molecule has 2 nitrogen and oxygen atoms in total. The average Bonchev–Trinajstić information content (AvgIpc) is 2.22. The molecular weight excluding hydrogens is 200 g/mol. The summed E-state index contributed by atoms with van der Waals surface area (Å²) in [5.74, 6) is 0.878. The lowest BCUT2D eigenvalue weighted by atomic mass is 10.1. The first kappa shape index (κ1) is 12.8. The Bertz CT molecular complexity index is 345. The first-order valence-electron chi connectivity index (χ1n) is 5.65. The van der Waals surface area contributed by atoms with Crippen molar-refractivity contribution in [2.75, 3.05) is 6.61 Å². The molecule has 0 aromatic heterocycles. The highest BCUT2D eigenvalue weighted by molar-refractivity contribution is 5.37. The summed E-state index contributed by atoms with van der Waals surface area (Å²) in [5.41, 5.74) is 2.23. The summed E-state index contributed by atoms with van der Waals surface area (Å²) in [5, 5.41) is 8.98. The van der Waals surface area contributed by atoms with Crippen LogP contribution in [0.1, 0.15) is 24.5 Å². The summed E-state index contributed by atoms with van der Waals surface area (Å²) in [6, 6.07) is 6.07. The summed E-state index contributed by atoms with van der Waals surface area (Å²) in [4.78, 5) is 0. The van der Waals surface area contributed by atoms with Crippen LogP contribution in [0.2, 0.25) is 0 Å². The van der Waals surface area contributed by atoms with Crippen molar-refractivity contribution in [3.05, 3.63) is 42.0 Å². The highest BCUT2D eigenvalue weighted by Crippen LogP contribution is 2.22. The van der Waals surface area contributed by atoms with Gasteiger partial charge < -0.3 is 9.84 Å². The van der Waals surface area contributed by atoms with Gasteiger partial charge in [0.2, 0.25) is 0 Å². The van der Waals surface area contributed by atoms with Gasteiger partial charge in [0.25, 0.3) is 0 Å². The van der Waals surface area contributed by atoms with E-state index in [1.807, 2.05) is 38.1 Å². The average molecular weight is 220 g/mol. The molecule has 0 heterocycles. The third kappa shape index (κ3) is 3.70. The number of hydrogen-bond acceptors (Lipinski definition) is 2. The molecule has 0 spiro atoms. The van der Waals surface area contributed by atoms with Gasteiger partial charge in [0.1, 0.15) is 5.75 Å². The number of ether oxygens (including phenoxy) is 1. The molecule has 0 saturated heterocycles. The maximum Gasteiger partial charge on any atom is 0.123 e. The van der Waals surface area contributed by atoms with Crippen LogP contribution >= 0.6 is 0 Å². The molecule has 2 heteroatoms. The smallest absolute Gasteiger partial charge is 0.123 e. The van der Waals surface area contributed by atoms with Crippen LogP contribution in [0, 0.1) is 6.92 Å². The van der Waals surface area contributed by atoms with Gasteiger partial charge in [0.15, 0.2) is 0 Å².